The first-order valence-electron chi connectivity index (χ1n) is 1.34. The van der Waals surface area contributed by atoms with E-state index in [2.05, 4.69) is 22.9 Å². The fraction of sp³-hybridized carbons (Fsp3) is 0.667. The zero-order valence-electron chi connectivity index (χ0n) is 2.82. The Labute approximate surface area is 40.1 Å². The van der Waals surface area contributed by atoms with Crippen LogP contribution in [0.5, 0.6) is 0 Å². The summed E-state index contributed by atoms with van der Waals surface area (Å²) in [5.74, 6) is 0. The van der Waals surface area contributed by atoms with Crippen LogP contribution in [0.4, 0.5) is 0 Å². The minimum absolute atomic E-state index is 0.449. The molecule has 1 atom stereocenters. The predicted molar refractivity (Wildman–Crippen MR) is 25.2 cm³/mol. The standard InChI is InChI=1S/C3H6BrO/c1-3(5)2-4/h3,5H,1-2H2/t3-/m0/s1. The van der Waals surface area contributed by atoms with Crippen LogP contribution in [-0.4, -0.2) is 16.5 Å². The minimum Gasteiger partial charge on any atom is -0.392 e. The van der Waals surface area contributed by atoms with Crippen molar-refractivity contribution in [1.82, 2.24) is 0 Å². The molecule has 0 fully saturated rings. The highest BCUT2D eigenvalue weighted by atomic mass is 79.9. The van der Waals surface area contributed by atoms with Crippen LogP contribution >= 0.6 is 15.9 Å². The Hall–Kier alpha value is 0.440. The summed E-state index contributed by atoms with van der Waals surface area (Å²) in [6, 6.07) is 0. The lowest BCUT2D eigenvalue weighted by molar-refractivity contribution is 0.247. The second-order valence-corrected chi connectivity index (χ2v) is 1.46. The lowest BCUT2D eigenvalue weighted by Crippen LogP contribution is -1.98. The van der Waals surface area contributed by atoms with Gasteiger partial charge >= 0.3 is 0 Å². The molecule has 0 aliphatic carbocycles. The van der Waals surface area contributed by atoms with Gasteiger partial charge < -0.3 is 5.11 Å². The highest BCUT2D eigenvalue weighted by Gasteiger charge is 1.83. The Morgan fingerprint density at radius 2 is 2.20 bits per heavy atom. The van der Waals surface area contributed by atoms with Gasteiger partial charge in [-0.05, 0) is 6.92 Å². The fourth-order valence-corrected chi connectivity index (χ4v) is 0. The van der Waals surface area contributed by atoms with E-state index >= 15 is 0 Å². The average molecular weight is 138 g/mol. The molecule has 31 valence electrons. The van der Waals surface area contributed by atoms with Crippen LogP contribution in [-0.2, 0) is 0 Å². The largest absolute Gasteiger partial charge is 0.392 e. The summed E-state index contributed by atoms with van der Waals surface area (Å²) in [5, 5.41) is 8.77. The number of alkyl halides is 1. The third-order valence-corrected chi connectivity index (χ3v) is 0.926. The fourth-order valence-electron chi connectivity index (χ4n) is 0. The topological polar surface area (TPSA) is 20.2 Å². The molecule has 0 aromatic carbocycles. The van der Waals surface area contributed by atoms with Crippen molar-refractivity contribution in [2.75, 3.05) is 5.33 Å². The van der Waals surface area contributed by atoms with E-state index < -0.39 is 6.10 Å². The SMILES string of the molecule is [CH2][C@H](O)CBr. The quantitative estimate of drug-likeness (QED) is 0.525. The highest BCUT2D eigenvalue weighted by Crippen LogP contribution is 1.83. The molecule has 0 aromatic heterocycles. The Kier molecular flexibility index (Phi) is 2.90. The van der Waals surface area contributed by atoms with E-state index in [1.807, 2.05) is 0 Å². The second kappa shape index (κ2) is 2.67. The summed E-state index contributed by atoms with van der Waals surface area (Å²) in [7, 11) is 0. The Morgan fingerprint density at radius 3 is 2.20 bits per heavy atom. The maximum absolute atomic E-state index is 8.20. The van der Waals surface area contributed by atoms with Gasteiger partial charge in [0.1, 0.15) is 0 Å². The third-order valence-electron chi connectivity index (χ3n) is 0.178. The van der Waals surface area contributed by atoms with Gasteiger partial charge in [-0.25, -0.2) is 0 Å². The van der Waals surface area contributed by atoms with E-state index in [0.29, 0.717) is 5.33 Å². The van der Waals surface area contributed by atoms with Crippen molar-refractivity contribution >= 4 is 15.9 Å². The summed E-state index contributed by atoms with van der Waals surface area (Å²) in [6.45, 7) is 3.27. The zero-order chi connectivity index (χ0) is 4.28. The molecule has 0 saturated carbocycles. The van der Waals surface area contributed by atoms with Crippen molar-refractivity contribution in [3.8, 4) is 0 Å². The summed E-state index contributed by atoms with van der Waals surface area (Å²) in [5.41, 5.74) is 0. The normalized spacial score (nSPS) is 15.0. The molecule has 2 heteroatoms. The molecular weight excluding hydrogens is 132 g/mol. The van der Waals surface area contributed by atoms with Crippen molar-refractivity contribution in [3.05, 3.63) is 6.92 Å². The molecular formula is C3H6BrO. The van der Waals surface area contributed by atoms with E-state index in [1.165, 1.54) is 0 Å². The summed E-state index contributed by atoms with van der Waals surface area (Å²) >= 11 is 3.00. The summed E-state index contributed by atoms with van der Waals surface area (Å²) < 4.78 is 0. The molecule has 5 heavy (non-hydrogen) atoms. The van der Waals surface area contributed by atoms with Crippen LogP contribution in [0.3, 0.4) is 0 Å². The molecule has 0 spiro atoms. The van der Waals surface area contributed by atoms with Gasteiger partial charge in [0.2, 0.25) is 0 Å². The van der Waals surface area contributed by atoms with E-state index in [0.717, 1.165) is 0 Å². The number of aliphatic hydroxyl groups excluding tert-OH is 1. The zero-order valence-corrected chi connectivity index (χ0v) is 4.40. The van der Waals surface area contributed by atoms with Crippen molar-refractivity contribution < 1.29 is 5.11 Å². The first-order chi connectivity index (χ1) is 2.27. The monoisotopic (exact) mass is 137 g/mol. The lowest BCUT2D eigenvalue weighted by Gasteiger charge is -1.88. The van der Waals surface area contributed by atoms with E-state index in [4.69, 9.17) is 5.11 Å². The van der Waals surface area contributed by atoms with Gasteiger partial charge in [0, 0.05) is 5.33 Å². The lowest BCUT2D eigenvalue weighted by atomic mass is 10.5. The Balaban J connectivity index is 2.54. The van der Waals surface area contributed by atoms with Crippen LogP contribution in [0.15, 0.2) is 0 Å². The first kappa shape index (κ1) is 5.44. The molecule has 1 N–H and O–H groups in total. The second-order valence-electron chi connectivity index (χ2n) is 0.808. The first-order valence-corrected chi connectivity index (χ1v) is 2.46. The maximum Gasteiger partial charge on any atom is 0.0637 e. The Bertz CT molecular complexity index is 20.9. The van der Waals surface area contributed by atoms with Crippen LogP contribution in [0.1, 0.15) is 0 Å². The molecule has 0 aliphatic rings. The van der Waals surface area contributed by atoms with E-state index in [9.17, 15) is 0 Å². The number of aliphatic hydroxyl groups is 1. The summed E-state index contributed by atoms with van der Waals surface area (Å²) in [6.07, 6.45) is -0.449. The number of halogens is 1. The van der Waals surface area contributed by atoms with Gasteiger partial charge in [0.15, 0.2) is 0 Å². The van der Waals surface area contributed by atoms with Gasteiger partial charge in [0.25, 0.3) is 0 Å². The molecule has 0 amide bonds. The molecule has 1 nitrogen and oxygen atoms in total. The molecule has 0 unspecified atom stereocenters. The van der Waals surface area contributed by atoms with Crippen molar-refractivity contribution in [1.29, 1.82) is 0 Å². The van der Waals surface area contributed by atoms with Crippen molar-refractivity contribution in [2.45, 2.75) is 6.10 Å². The van der Waals surface area contributed by atoms with Crippen LogP contribution in [0.25, 0.3) is 0 Å². The maximum atomic E-state index is 8.20. The molecule has 0 heterocycles. The van der Waals surface area contributed by atoms with Gasteiger partial charge in [0.05, 0.1) is 6.10 Å². The molecule has 0 rings (SSSR count). The van der Waals surface area contributed by atoms with E-state index in [-0.39, 0.29) is 0 Å². The predicted octanol–water partition coefficient (Wildman–Crippen LogP) is 0.576. The van der Waals surface area contributed by atoms with E-state index in [1.54, 1.807) is 0 Å². The van der Waals surface area contributed by atoms with Crippen molar-refractivity contribution in [2.24, 2.45) is 0 Å². The molecule has 0 bridgehead atoms. The van der Waals surface area contributed by atoms with Gasteiger partial charge in [-0.15, -0.1) is 0 Å². The number of hydrogen-bond acceptors (Lipinski definition) is 1. The number of hydrogen-bond donors (Lipinski definition) is 1. The number of rotatable bonds is 1. The molecule has 0 aromatic rings. The minimum atomic E-state index is -0.449. The smallest absolute Gasteiger partial charge is 0.0637 e. The van der Waals surface area contributed by atoms with Crippen LogP contribution < -0.4 is 0 Å². The van der Waals surface area contributed by atoms with Crippen LogP contribution in [0.2, 0.25) is 0 Å². The molecule has 0 aliphatic heterocycles. The van der Waals surface area contributed by atoms with Gasteiger partial charge in [-0.3, -0.25) is 0 Å². The van der Waals surface area contributed by atoms with Gasteiger partial charge in [-0.1, -0.05) is 15.9 Å². The Morgan fingerprint density at radius 1 is 2.00 bits per heavy atom. The third kappa shape index (κ3) is 4.44. The molecule has 1 radical (unpaired) electrons. The average Bonchev–Trinajstić information content (AvgIpc) is 1.38. The highest BCUT2D eigenvalue weighted by molar-refractivity contribution is 9.09. The van der Waals surface area contributed by atoms with Crippen molar-refractivity contribution in [3.63, 3.8) is 0 Å². The van der Waals surface area contributed by atoms with Gasteiger partial charge in [-0.2, -0.15) is 0 Å². The summed E-state index contributed by atoms with van der Waals surface area (Å²) in [4.78, 5) is 0. The molecule has 0 saturated heterocycles. The van der Waals surface area contributed by atoms with Crippen LogP contribution in [0, 0.1) is 6.92 Å².